The van der Waals surface area contributed by atoms with Crippen molar-refractivity contribution in [2.75, 3.05) is 0 Å². The molecule has 0 bridgehead atoms. The summed E-state index contributed by atoms with van der Waals surface area (Å²) >= 11 is 0. The van der Waals surface area contributed by atoms with E-state index in [2.05, 4.69) is 40.7 Å². The minimum Gasteiger partial charge on any atom is -0.508 e. The number of aliphatic hydroxyl groups excluding tert-OH is 2. The Kier molecular flexibility index (Phi) is 11.5. The Morgan fingerprint density at radius 3 is 1.58 bits per heavy atom. The van der Waals surface area contributed by atoms with Gasteiger partial charge in [-0.3, -0.25) is 14.4 Å². The fraction of sp³-hybridized carbons (Fsp3) is 0.776. The molecule has 1 aromatic carbocycles. The number of phenols is 1. The number of phenolic OH excluding ortho intramolecular Hbond substituents is 1. The average Bonchev–Trinajstić information content (AvgIpc) is 3.90. The van der Waals surface area contributed by atoms with Gasteiger partial charge in [0.2, 0.25) is 0 Å². The van der Waals surface area contributed by atoms with E-state index in [1.807, 2.05) is 24.3 Å². The highest BCUT2D eigenvalue weighted by molar-refractivity contribution is 5.92. The average molecular weight is 875 g/mol. The number of benzene rings is 1. The molecule has 0 radical (unpaired) electrons. The van der Waals surface area contributed by atoms with Gasteiger partial charge in [0.25, 0.3) is 0 Å². The Morgan fingerprint density at radius 2 is 1.02 bits per heavy atom. The van der Waals surface area contributed by atoms with Crippen LogP contribution >= 0.6 is 0 Å². The topological polar surface area (TPSA) is 112 Å². The van der Waals surface area contributed by atoms with Gasteiger partial charge < -0.3 is 15.3 Å². The molecule has 1 aromatic rings. The van der Waals surface area contributed by atoms with E-state index in [4.69, 9.17) is 0 Å². The predicted octanol–water partition coefficient (Wildman–Crippen LogP) is 12.2. The zero-order chi connectivity index (χ0) is 45.1. The molecule has 0 saturated heterocycles. The lowest BCUT2D eigenvalue weighted by atomic mass is 9.47. The van der Waals surface area contributed by atoms with Crippen molar-refractivity contribution in [3.63, 3.8) is 0 Å². The lowest BCUT2D eigenvalue weighted by molar-refractivity contribution is -0.128. The molecular formula is C58H82O6. The van der Waals surface area contributed by atoms with Crippen molar-refractivity contribution >= 4 is 17.3 Å². The van der Waals surface area contributed by atoms with Gasteiger partial charge in [-0.1, -0.05) is 51.8 Å². The maximum absolute atomic E-state index is 12.1. The summed E-state index contributed by atoms with van der Waals surface area (Å²) in [6.45, 7) is 13.7. The van der Waals surface area contributed by atoms with E-state index in [9.17, 15) is 29.7 Å². The number of hydrogen-bond donors (Lipinski definition) is 3. The van der Waals surface area contributed by atoms with Gasteiger partial charge in [0.1, 0.15) is 11.5 Å². The highest BCUT2D eigenvalue weighted by Gasteiger charge is 2.61. The summed E-state index contributed by atoms with van der Waals surface area (Å²) in [4.78, 5) is 35.8. The second-order valence-electron chi connectivity index (χ2n) is 25.3. The number of aromatic hydroxyl groups is 1. The maximum atomic E-state index is 12.1. The fourth-order valence-electron chi connectivity index (χ4n) is 19.3. The number of hydrogen-bond acceptors (Lipinski definition) is 6. The number of ketones is 3. The van der Waals surface area contributed by atoms with Crippen molar-refractivity contribution in [3.05, 3.63) is 52.6 Å². The molecule has 0 amide bonds. The number of carbonyl (C=O) groups excluding carboxylic acids is 3. The van der Waals surface area contributed by atoms with Crippen molar-refractivity contribution in [3.8, 4) is 5.75 Å². The maximum Gasteiger partial charge on any atom is 0.155 e. The number of Topliss-reactive ketones (excluding diaryl/α,β-unsaturated/α-hetero) is 1. The van der Waals surface area contributed by atoms with Crippen LogP contribution in [-0.2, 0) is 20.8 Å². The van der Waals surface area contributed by atoms with Gasteiger partial charge >= 0.3 is 0 Å². The molecule has 3 N–H and O–H groups in total. The smallest absolute Gasteiger partial charge is 0.155 e. The largest absolute Gasteiger partial charge is 0.508 e. The van der Waals surface area contributed by atoms with Crippen LogP contribution in [0.15, 0.2) is 41.5 Å². The van der Waals surface area contributed by atoms with Crippen molar-refractivity contribution in [1.29, 1.82) is 0 Å². The Hall–Kier alpha value is -2.57. The molecule has 11 aliphatic carbocycles. The second kappa shape index (κ2) is 16.3. The first-order valence-electron chi connectivity index (χ1n) is 26.6. The third-order valence-electron chi connectivity index (χ3n) is 23.0. The zero-order valence-electron chi connectivity index (χ0n) is 40.4. The van der Waals surface area contributed by atoms with E-state index < -0.39 is 0 Å². The summed E-state index contributed by atoms with van der Waals surface area (Å²) in [6, 6.07) is 5.96. The molecule has 0 aromatic heterocycles. The summed E-state index contributed by atoms with van der Waals surface area (Å²) < 4.78 is 0. The molecule has 6 nitrogen and oxygen atoms in total. The van der Waals surface area contributed by atoms with Crippen LogP contribution < -0.4 is 0 Å². The lowest BCUT2D eigenvalue weighted by Crippen LogP contribution is -2.51. The molecule has 0 spiro atoms. The van der Waals surface area contributed by atoms with E-state index in [0.717, 1.165) is 106 Å². The molecule has 0 unspecified atom stereocenters. The summed E-state index contributed by atoms with van der Waals surface area (Å²) in [5.41, 5.74) is 6.82. The van der Waals surface area contributed by atoms with Gasteiger partial charge in [0, 0.05) is 18.8 Å². The highest BCUT2D eigenvalue weighted by atomic mass is 16.3. The molecule has 17 atom stereocenters. The highest BCUT2D eigenvalue weighted by Crippen LogP contribution is 2.68. The number of fused-ring (bicyclic) bond motifs is 15. The molecule has 8 fully saturated rings. The van der Waals surface area contributed by atoms with Crippen LogP contribution in [0.5, 0.6) is 5.75 Å². The first-order valence-corrected chi connectivity index (χ1v) is 26.6. The van der Waals surface area contributed by atoms with Crippen LogP contribution in [-0.4, -0.2) is 44.9 Å². The Labute approximate surface area is 385 Å². The first kappa shape index (κ1) is 45.2. The quantitative estimate of drug-likeness (QED) is 0.259. The minimum atomic E-state index is -0.0883. The number of aliphatic hydroxyl groups is 2. The standard InChI is InChI=1S/C21H30O2.C19H28O2.C18H24O2/c1-13(22)17-6-7-18-16-5-4-14-12-15(23)8-10-20(14,2)19(16)9-11-21(17,18)3;1-18-9-7-13(20)11-12(18)3-4-14-15-5-6-17(21)19(15,2)10-8-16(14)18;1-18-9-8-14-13-5-3-12(19)10-11(13)2-4-15(14)16(18)6-7-17(18)20/h12,16-19H,4-11H2,1-3H3;11,14-17,21H,3-10H2,1-2H3;3,5,10,14-17,19-20H,2,4,6-9H2,1H3/t16-,17+,18-,19-,20-,21+;14-,15-,16-,17-,18-,19-;14-,15-,16+,17+,18+/m001/s1. The minimum absolute atomic E-state index is 0.0823. The first-order chi connectivity index (χ1) is 30.4. The predicted molar refractivity (Wildman–Crippen MR) is 252 cm³/mol. The van der Waals surface area contributed by atoms with Crippen LogP contribution in [0.3, 0.4) is 0 Å². The zero-order valence-corrected chi connectivity index (χ0v) is 40.4. The summed E-state index contributed by atoms with van der Waals surface area (Å²) in [6.07, 6.45) is 28.4. The number of carbonyl (C=O) groups is 3. The molecule has 0 aliphatic heterocycles. The van der Waals surface area contributed by atoms with Gasteiger partial charge in [-0.15, -0.1) is 0 Å². The summed E-state index contributed by atoms with van der Waals surface area (Å²) in [5, 5.41) is 30.5. The van der Waals surface area contributed by atoms with Crippen LogP contribution in [0.2, 0.25) is 0 Å². The van der Waals surface area contributed by atoms with E-state index in [1.165, 1.54) is 92.9 Å². The van der Waals surface area contributed by atoms with Gasteiger partial charge in [-0.05, 0) is 251 Å². The third kappa shape index (κ3) is 6.99. The Morgan fingerprint density at radius 1 is 0.531 bits per heavy atom. The van der Waals surface area contributed by atoms with Gasteiger partial charge in [0.05, 0.1) is 12.2 Å². The molecule has 0 heterocycles. The van der Waals surface area contributed by atoms with Crippen LogP contribution in [0.4, 0.5) is 0 Å². The van der Waals surface area contributed by atoms with E-state index in [0.29, 0.717) is 46.8 Å². The monoisotopic (exact) mass is 875 g/mol. The normalized spacial score (nSPS) is 48.2. The molecule has 350 valence electrons. The molecular weight excluding hydrogens is 793 g/mol. The van der Waals surface area contributed by atoms with Crippen molar-refractivity contribution in [2.24, 2.45) is 80.3 Å². The molecule has 12 rings (SSSR count). The molecule has 11 aliphatic rings. The Balaban J connectivity index is 0.000000114. The van der Waals surface area contributed by atoms with E-state index in [-0.39, 0.29) is 39.3 Å². The van der Waals surface area contributed by atoms with Crippen LogP contribution in [0.25, 0.3) is 0 Å². The summed E-state index contributed by atoms with van der Waals surface area (Å²) in [5.74, 6) is 8.35. The number of aryl methyl sites for hydroxylation is 1. The van der Waals surface area contributed by atoms with Gasteiger partial charge in [0.15, 0.2) is 11.6 Å². The lowest BCUT2D eigenvalue weighted by Gasteiger charge is -2.58. The van der Waals surface area contributed by atoms with E-state index >= 15 is 0 Å². The van der Waals surface area contributed by atoms with Crippen LogP contribution in [0, 0.1) is 80.3 Å². The molecule has 6 heteroatoms. The summed E-state index contributed by atoms with van der Waals surface area (Å²) in [7, 11) is 0. The van der Waals surface area contributed by atoms with Crippen molar-refractivity contribution in [2.45, 2.75) is 201 Å². The van der Waals surface area contributed by atoms with Gasteiger partial charge in [-0.25, -0.2) is 0 Å². The van der Waals surface area contributed by atoms with E-state index in [1.54, 1.807) is 6.92 Å². The van der Waals surface area contributed by atoms with Crippen molar-refractivity contribution in [1.82, 2.24) is 0 Å². The second-order valence-corrected chi connectivity index (χ2v) is 25.3. The molecule has 64 heavy (non-hydrogen) atoms. The SMILES string of the molecule is CC(=O)[C@H]1CC[C@H]2[C@@H]3CCC4=CC(=O)CC[C@]4(C)[C@H]3CC[C@]12C.C[C@]12CC[C@@H]3c4ccc(O)cc4CC[C@H]3[C@@H]1CC[C@@H]2O.C[C@]12CC[C@H]3[C@@H](CCC4=CC(=O)CC[C@@]43C)[C@@H]1CC[C@@H]2O. The Bertz CT molecular complexity index is 2100. The fourth-order valence-corrected chi connectivity index (χ4v) is 19.3. The number of rotatable bonds is 1. The van der Waals surface area contributed by atoms with Crippen molar-refractivity contribution < 1.29 is 29.7 Å². The molecule has 8 saturated carbocycles. The van der Waals surface area contributed by atoms with Crippen LogP contribution in [0.1, 0.15) is 193 Å². The number of allylic oxidation sites excluding steroid dienone is 2. The van der Waals surface area contributed by atoms with Gasteiger partial charge in [-0.2, -0.15) is 0 Å². The third-order valence-corrected chi connectivity index (χ3v) is 23.0.